The summed E-state index contributed by atoms with van der Waals surface area (Å²) in [6, 6.07) is 0.475. The van der Waals surface area contributed by atoms with Gasteiger partial charge in [0.25, 0.3) is 0 Å². The highest BCUT2D eigenvalue weighted by Gasteiger charge is 2.34. The lowest BCUT2D eigenvalue weighted by molar-refractivity contribution is 0.328. The van der Waals surface area contributed by atoms with Crippen LogP contribution in [0.3, 0.4) is 0 Å². The zero-order valence-electron chi connectivity index (χ0n) is 14.6. The van der Waals surface area contributed by atoms with Crippen LogP contribution in [0, 0.1) is 17.8 Å². The van der Waals surface area contributed by atoms with Crippen LogP contribution in [0.4, 0.5) is 0 Å². The van der Waals surface area contributed by atoms with E-state index in [9.17, 15) is 0 Å². The molecule has 3 atom stereocenters. The Labute approximate surface area is 142 Å². The Hall–Kier alpha value is -1.71. The topological polar surface area (TPSA) is 27.6 Å². The number of allylic oxidation sites excluding steroid dienone is 2. The van der Waals surface area contributed by atoms with Gasteiger partial charge in [0.2, 0.25) is 0 Å². The highest BCUT2D eigenvalue weighted by atomic mass is 15.3. The highest BCUT2D eigenvalue weighted by molar-refractivity contribution is 6.16. The summed E-state index contributed by atoms with van der Waals surface area (Å²) in [6.07, 6.45) is 9.57. The molecule has 3 unspecified atom stereocenters. The minimum absolute atomic E-state index is 0.379. The lowest BCUT2D eigenvalue weighted by atomic mass is 9.93. The van der Waals surface area contributed by atoms with Crippen LogP contribution < -0.4 is 5.32 Å². The van der Waals surface area contributed by atoms with E-state index in [0.29, 0.717) is 23.8 Å². The maximum Gasteiger partial charge on any atom is 0.133 e. The molecule has 1 heterocycles. The van der Waals surface area contributed by atoms with E-state index in [1.807, 2.05) is 6.08 Å². The third-order valence-electron chi connectivity index (χ3n) is 4.92. The van der Waals surface area contributed by atoms with Gasteiger partial charge in [0.05, 0.1) is 0 Å². The van der Waals surface area contributed by atoms with Crippen molar-refractivity contribution in [1.29, 1.82) is 0 Å². The maximum atomic E-state index is 5.48. The average molecular weight is 309 g/mol. The van der Waals surface area contributed by atoms with Crippen LogP contribution in [0.25, 0.3) is 0 Å². The summed E-state index contributed by atoms with van der Waals surface area (Å²) in [5.41, 5.74) is 0.970. The summed E-state index contributed by atoms with van der Waals surface area (Å²) < 4.78 is 0. The lowest BCUT2D eigenvalue weighted by Crippen LogP contribution is -2.33. The van der Waals surface area contributed by atoms with Gasteiger partial charge < -0.3 is 10.2 Å². The van der Waals surface area contributed by atoms with Crippen LogP contribution >= 0.6 is 0 Å². The molecule has 1 aliphatic heterocycles. The van der Waals surface area contributed by atoms with Crippen molar-refractivity contribution in [2.75, 3.05) is 0 Å². The van der Waals surface area contributed by atoms with E-state index in [1.54, 1.807) is 5.98 Å². The fourth-order valence-corrected chi connectivity index (χ4v) is 3.29. The van der Waals surface area contributed by atoms with Gasteiger partial charge in [0.15, 0.2) is 0 Å². The van der Waals surface area contributed by atoms with Crippen LogP contribution in [0.15, 0.2) is 54.0 Å². The molecule has 0 aromatic rings. The van der Waals surface area contributed by atoms with E-state index >= 15 is 0 Å². The van der Waals surface area contributed by atoms with Crippen LogP contribution in [0.1, 0.15) is 40.0 Å². The van der Waals surface area contributed by atoms with E-state index in [2.05, 4.69) is 61.4 Å². The molecule has 2 aliphatic rings. The first-order valence-electron chi connectivity index (χ1n) is 8.49. The van der Waals surface area contributed by atoms with Gasteiger partial charge in [-0.15, -0.1) is 5.98 Å². The van der Waals surface area contributed by atoms with E-state index in [1.165, 1.54) is 6.42 Å². The summed E-state index contributed by atoms with van der Waals surface area (Å²) >= 11 is 0. The third kappa shape index (κ3) is 4.40. The molecule has 0 aromatic carbocycles. The van der Waals surface area contributed by atoms with Crippen molar-refractivity contribution in [2.45, 2.75) is 46.1 Å². The summed E-state index contributed by atoms with van der Waals surface area (Å²) in [7, 11) is 5.48. The number of aliphatic imine (C=N–C) groups is 1. The predicted molar refractivity (Wildman–Crippen MR) is 99.9 cm³/mol. The molecule has 0 saturated heterocycles. The SMILES string of the molecule is [B]/C=C\CC1CC(N2C=CC(NC(=C)C(C)C)=NC2=C)CC1C. The second-order valence-electron chi connectivity index (χ2n) is 6.97. The van der Waals surface area contributed by atoms with Gasteiger partial charge in [-0.25, -0.2) is 4.99 Å². The molecule has 1 fully saturated rings. The van der Waals surface area contributed by atoms with E-state index < -0.39 is 0 Å². The zero-order chi connectivity index (χ0) is 17.0. The van der Waals surface area contributed by atoms with Gasteiger partial charge >= 0.3 is 0 Å². The van der Waals surface area contributed by atoms with Crippen molar-refractivity contribution in [3.8, 4) is 0 Å². The number of hydrogen-bond acceptors (Lipinski definition) is 3. The minimum Gasteiger partial charge on any atom is -0.344 e. The molecular weight excluding hydrogens is 281 g/mol. The van der Waals surface area contributed by atoms with E-state index in [4.69, 9.17) is 7.85 Å². The molecule has 1 aliphatic carbocycles. The molecule has 1 saturated carbocycles. The van der Waals surface area contributed by atoms with Gasteiger partial charge in [0, 0.05) is 17.9 Å². The molecular formula is C19H28BN3. The molecule has 0 amide bonds. The first-order valence-corrected chi connectivity index (χ1v) is 8.49. The van der Waals surface area contributed by atoms with Crippen molar-refractivity contribution >= 4 is 13.7 Å². The van der Waals surface area contributed by atoms with Crippen molar-refractivity contribution in [3.63, 3.8) is 0 Å². The Morgan fingerprint density at radius 1 is 1.52 bits per heavy atom. The molecule has 4 heteroatoms. The summed E-state index contributed by atoms with van der Waals surface area (Å²) in [4.78, 5) is 6.81. The third-order valence-corrected chi connectivity index (χ3v) is 4.92. The number of nitrogens with one attached hydrogen (secondary N) is 1. The molecule has 2 radical (unpaired) electrons. The summed E-state index contributed by atoms with van der Waals surface area (Å²) in [5, 5.41) is 3.26. The largest absolute Gasteiger partial charge is 0.344 e. The van der Waals surface area contributed by atoms with Crippen molar-refractivity contribution < 1.29 is 0 Å². The number of hydrogen-bond donors (Lipinski definition) is 1. The van der Waals surface area contributed by atoms with E-state index in [0.717, 1.165) is 30.2 Å². The molecule has 3 nitrogen and oxygen atoms in total. The Kier molecular flexibility index (Phi) is 5.92. The maximum absolute atomic E-state index is 5.48. The number of rotatable bonds is 5. The smallest absolute Gasteiger partial charge is 0.133 e. The molecule has 0 spiro atoms. The van der Waals surface area contributed by atoms with Crippen LogP contribution in [-0.4, -0.2) is 24.6 Å². The quantitative estimate of drug-likeness (QED) is 0.779. The highest BCUT2D eigenvalue weighted by Crippen LogP contribution is 2.38. The van der Waals surface area contributed by atoms with Gasteiger partial charge in [-0.05, 0) is 43.1 Å². The number of amidine groups is 1. The van der Waals surface area contributed by atoms with Gasteiger partial charge in [0.1, 0.15) is 19.5 Å². The Bertz CT molecular complexity index is 545. The second-order valence-corrected chi connectivity index (χ2v) is 6.97. The zero-order valence-corrected chi connectivity index (χ0v) is 14.6. The van der Waals surface area contributed by atoms with Crippen LogP contribution in [0.5, 0.6) is 0 Å². The molecule has 23 heavy (non-hydrogen) atoms. The molecule has 0 aromatic heterocycles. The molecule has 122 valence electrons. The van der Waals surface area contributed by atoms with Crippen LogP contribution in [0.2, 0.25) is 0 Å². The minimum atomic E-state index is 0.379. The fourth-order valence-electron chi connectivity index (χ4n) is 3.29. The summed E-state index contributed by atoms with van der Waals surface area (Å²) in [5.74, 6) is 5.04. The van der Waals surface area contributed by atoms with Gasteiger partial charge in [-0.2, -0.15) is 0 Å². The Morgan fingerprint density at radius 2 is 2.26 bits per heavy atom. The Morgan fingerprint density at radius 3 is 2.87 bits per heavy atom. The van der Waals surface area contributed by atoms with Crippen molar-refractivity contribution in [3.05, 3.63) is 49.0 Å². The number of nitrogens with zero attached hydrogens (tertiary/aromatic N) is 2. The van der Waals surface area contributed by atoms with Crippen LogP contribution in [-0.2, 0) is 0 Å². The Balaban J connectivity index is 1.97. The standard InChI is InChI=1S/C19H28BN3/c1-13(2)15(4)21-19-8-10-23(16(5)22-19)18-11-14(3)17(12-18)7-6-9-20/h6,8-10,13-14,17-18H,4-5,7,11-12H2,1-3H3,(H,21,22)/b9-6-. The second kappa shape index (κ2) is 7.71. The van der Waals surface area contributed by atoms with E-state index in [-0.39, 0.29) is 0 Å². The fraction of sp³-hybridized carbons (Fsp3) is 0.526. The van der Waals surface area contributed by atoms with Crippen molar-refractivity contribution in [2.24, 2.45) is 22.7 Å². The predicted octanol–water partition coefficient (Wildman–Crippen LogP) is 3.93. The monoisotopic (exact) mass is 309 g/mol. The normalized spacial score (nSPS) is 27.8. The van der Waals surface area contributed by atoms with Gasteiger partial charge in [-0.1, -0.05) is 40.0 Å². The first-order chi connectivity index (χ1) is 10.9. The molecule has 2 rings (SSSR count). The molecule has 0 bridgehead atoms. The van der Waals surface area contributed by atoms with Gasteiger partial charge in [-0.3, -0.25) is 0 Å². The van der Waals surface area contributed by atoms with Crippen molar-refractivity contribution in [1.82, 2.24) is 10.2 Å². The summed E-state index contributed by atoms with van der Waals surface area (Å²) in [6.45, 7) is 14.7. The lowest BCUT2D eigenvalue weighted by Gasteiger charge is -2.30. The average Bonchev–Trinajstić information content (AvgIpc) is 2.86. The first kappa shape index (κ1) is 17.6. The molecule has 1 N–H and O–H groups in total.